The second-order valence-electron chi connectivity index (χ2n) is 6.41. The van der Waals surface area contributed by atoms with Gasteiger partial charge in [0, 0.05) is 28.5 Å². The lowest BCUT2D eigenvalue weighted by Crippen LogP contribution is -2.19. The number of amides is 4. The van der Waals surface area contributed by atoms with Crippen molar-refractivity contribution in [2.75, 3.05) is 16.0 Å². The van der Waals surface area contributed by atoms with Gasteiger partial charge in [0.1, 0.15) is 0 Å². The fourth-order valence-electron chi connectivity index (χ4n) is 2.68. The fraction of sp³-hybridized carbons (Fsp3) is 0.211. The van der Waals surface area contributed by atoms with E-state index in [1.807, 2.05) is 6.92 Å². The Morgan fingerprint density at radius 3 is 2.12 bits per heavy atom. The van der Waals surface area contributed by atoms with Crippen molar-refractivity contribution >= 4 is 34.9 Å². The van der Waals surface area contributed by atoms with Gasteiger partial charge in [0.25, 0.3) is 5.91 Å². The monoisotopic (exact) mass is 352 g/mol. The number of urea groups is 1. The summed E-state index contributed by atoms with van der Waals surface area (Å²) >= 11 is 0. The maximum atomic E-state index is 12.4. The summed E-state index contributed by atoms with van der Waals surface area (Å²) in [6.07, 6.45) is 0.904. The number of anilines is 3. The first-order valence-electron chi connectivity index (χ1n) is 8.31. The van der Waals surface area contributed by atoms with E-state index in [1.54, 1.807) is 48.5 Å². The molecule has 1 aliphatic carbocycles. The summed E-state index contributed by atoms with van der Waals surface area (Å²) < 4.78 is 0. The van der Waals surface area contributed by atoms with E-state index in [2.05, 4.69) is 16.0 Å². The molecule has 0 aromatic heterocycles. The Bertz CT molecular complexity index is 865. The van der Waals surface area contributed by atoms with Gasteiger partial charge in [-0.25, -0.2) is 4.79 Å². The third-order valence-corrected chi connectivity index (χ3v) is 4.23. The maximum Gasteiger partial charge on any atom is 0.316 e. The standard InChI is InChI=1S/C19H20N4O3/c1-11-8-16(11)18(25)22-13-5-2-4-12(9-13)17(24)21-14-6-3-7-15(10-14)23-19(20)26/h2-7,9-11,16H,8H2,1H3,(H,21,24)(H,22,25)(H3,20,23,26)/t11-,16+/m1/s1. The Balaban J connectivity index is 1.67. The van der Waals surface area contributed by atoms with Gasteiger partial charge in [0.15, 0.2) is 0 Å². The smallest absolute Gasteiger partial charge is 0.316 e. The Morgan fingerprint density at radius 2 is 1.50 bits per heavy atom. The van der Waals surface area contributed by atoms with Gasteiger partial charge < -0.3 is 21.7 Å². The van der Waals surface area contributed by atoms with Gasteiger partial charge in [0.05, 0.1) is 0 Å². The zero-order valence-electron chi connectivity index (χ0n) is 14.3. The van der Waals surface area contributed by atoms with Crippen molar-refractivity contribution in [1.29, 1.82) is 0 Å². The minimum Gasteiger partial charge on any atom is -0.351 e. The van der Waals surface area contributed by atoms with E-state index in [4.69, 9.17) is 5.73 Å². The maximum absolute atomic E-state index is 12.4. The number of hydrogen-bond donors (Lipinski definition) is 4. The number of nitrogens with one attached hydrogen (secondary N) is 3. The molecule has 0 aliphatic heterocycles. The molecule has 7 heteroatoms. The molecule has 1 saturated carbocycles. The molecule has 3 rings (SSSR count). The number of rotatable bonds is 5. The molecule has 5 N–H and O–H groups in total. The summed E-state index contributed by atoms with van der Waals surface area (Å²) in [5, 5.41) is 8.04. The SMILES string of the molecule is C[C@@H]1C[C@@H]1C(=O)Nc1cccc(C(=O)Nc2cccc(NC(N)=O)c2)c1. The first-order valence-corrected chi connectivity index (χ1v) is 8.31. The first-order chi connectivity index (χ1) is 12.4. The van der Waals surface area contributed by atoms with Crippen LogP contribution >= 0.6 is 0 Å². The normalized spacial score (nSPS) is 17.9. The molecule has 2 aromatic carbocycles. The predicted molar refractivity (Wildman–Crippen MR) is 99.9 cm³/mol. The molecule has 0 unspecified atom stereocenters. The van der Waals surface area contributed by atoms with Gasteiger partial charge in [0.2, 0.25) is 5.91 Å². The molecule has 2 aromatic rings. The Morgan fingerprint density at radius 1 is 0.923 bits per heavy atom. The highest BCUT2D eigenvalue weighted by Gasteiger charge is 2.39. The summed E-state index contributed by atoms with van der Waals surface area (Å²) in [6, 6.07) is 12.7. The zero-order valence-corrected chi connectivity index (χ0v) is 14.3. The molecular formula is C19H20N4O3. The van der Waals surface area contributed by atoms with Crippen LogP contribution in [0.25, 0.3) is 0 Å². The molecule has 0 heterocycles. The predicted octanol–water partition coefficient (Wildman–Crippen LogP) is 3.02. The molecule has 0 spiro atoms. The molecule has 1 fully saturated rings. The van der Waals surface area contributed by atoms with Crippen LogP contribution in [0, 0.1) is 11.8 Å². The summed E-state index contributed by atoms with van der Waals surface area (Å²) in [7, 11) is 0. The van der Waals surface area contributed by atoms with Crippen LogP contribution < -0.4 is 21.7 Å². The third kappa shape index (κ3) is 4.38. The molecule has 0 saturated heterocycles. The van der Waals surface area contributed by atoms with Crippen LogP contribution in [0.5, 0.6) is 0 Å². The quantitative estimate of drug-likeness (QED) is 0.663. The highest BCUT2D eigenvalue weighted by atomic mass is 16.2. The van der Waals surface area contributed by atoms with E-state index in [0.29, 0.717) is 28.5 Å². The molecule has 1 aliphatic rings. The van der Waals surface area contributed by atoms with Crippen LogP contribution in [0.3, 0.4) is 0 Å². The second kappa shape index (κ2) is 7.26. The van der Waals surface area contributed by atoms with Gasteiger partial charge in [-0.1, -0.05) is 19.1 Å². The molecule has 0 bridgehead atoms. The highest BCUT2D eigenvalue weighted by Crippen LogP contribution is 2.38. The summed E-state index contributed by atoms with van der Waals surface area (Å²) in [4.78, 5) is 35.4. The third-order valence-electron chi connectivity index (χ3n) is 4.23. The average Bonchev–Trinajstić information content (AvgIpc) is 3.32. The summed E-state index contributed by atoms with van der Waals surface area (Å²) in [5.74, 6) is 0.146. The van der Waals surface area contributed by atoms with Gasteiger partial charge >= 0.3 is 6.03 Å². The van der Waals surface area contributed by atoms with E-state index in [-0.39, 0.29) is 17.7 Å². The van der Waals surface area contributed by atoms with E-state index in [9.17, 15) is 14.4 Å². The van der Waals surface area contributed by atoms with E-state index in [1.165, 1.54) is 0 Å². The van der Waals surface area contributed by atoms with E-state index < -0.39 is 6.03 Å². The van der Waals surface area contributed by atoms with Crippen molar-refractivity contribution in [1.82, 2.24) is 0 Å². The molecule has 7 nitrogen and oxygen atoms in total. The number of nitrogens with two attached hydrogens (primary N) is 1. The van der Waals surface area contributed by atoms with Crippen molar-refractivity contribution in [3.63, 3.8) is 0 Å². The van der Waals surface area contributed by atoms with Crippen LogP contribution in [0.1, 0.15) is 23.7 Å². The molecule has 4 amide bonds. The highest BCUT2D eigenvalue weighted by molar-refractivity contribution is 6.06. The lowest BCUT2D eigenvalue weighted by molar-refractivity contribution is -0.117. The number of carbonyl (C=O) groups excluding carboxylic acids is 3. The van der Waals surface area contributed by atoms with Crippen molar-refractivity contribution in [2.24, 2.45) is 17.6 Å². The van der Waals surface area contributed by atoms with Gasteiger partial charge in [-0.2, -0.15) is 0 Å². The molecule has 26 heavy (non-hydrogen) atoms. The summed E-state index contributed by atoms with van der Waals surface area (Å²) in [5.41, 5.74) is 7.09. The zero-order chi connectivity index (χ0) is 18.7. The van der Waals surface area contributed by atoms with Crippen LogP contribution in [0.15, 0.2) is 48.5 Å². The lowest BCUT2D eigenvalue weighted by atomic mass is 10.1. The Kier molecular flexibility index (Phi) is 4.88. The minimum absolute atomic E-state index is 0.0136. The van der Waals surface area contributed by atoms with Crippen molar-refractivity contribution < 1.29 is 14.4 Å². The molecule has 0 radical (unpaired) electrons. The summed E-state index contributed by atoms with van der Waals surface area (Å²) in [6.45, 7) is 2.04. The number of primary amides is 1. The van der Waals surface area contributed by atoms with Crippen molar-refractivity contribution in [3.8, 4) is 0 Å². The minimum atomic E-state index is -0.679. The second-order valence-corrected chi connectivity index (χ2v) is 6.41. The molecular weight excluding hydrogens is 332 g/mol. The molecule has 2 atom stereocenters. The Hall–Kier alpha value is -3.35. The van der Waals surface area contributed by atoms with Crippen LogP contribution in [-0.2, 0) is 4.79 Å². The van der Waals surface area contributed by atoms with Gasteiger partial charge in [-0.3, -0.25) is 9.59 Å². The van der Waals surface area contributed by atoms with Crippen LogP contribution in [0.4, 0.5) is 21.9 Å². The topological polar surface area (TPSA) is 113 Å². The number of hydrogen-bond acceptors (Lipinski definition) is 3. The van der Waals surface area contributed by atoms with Crippen LogP contribution in [0.2, 0.25) is 0 Å². The lowest BCUT2D eigenvalue weighted by Gasteiger charge is -2.09. The first kappa shape index (κ1) is 17.5. The van der Waals surface area contributed by atoms with E-state index in [0.717, 1.165) is 6.42 Å². The van der Waals surface area contributed by atoms with Gasteiger partial charge in [-0.15, -0.1) is 0 Å². The van der Waals surface area contributed by atoms with Crippen molar-refractivity contribution in [3.05, 3.63) is 54.1 Å². The van der Waals surface area contributed by atoms with Crippen LogP contribution in [-0.4, -0.2) is 17.8 Å². The number of carbonyl (C=O) groups is 3. The Labute approximate surface area is 151 Å². The van der Waals surface area contributed by atoms with Crippen molar-refractivity contribution in [2.45, 2.75) is 13.3 Å². The largest absolute Gasteiger partial charge is 0.351 e. The number of benzene rings is 2. The van der Waals surface area contributed by atoms with Gasteiger partial charge in [-0.05, 0) is 48.7 Å². The average molecular weight is 352 g/mol. The molecule has 134 valence electrons. The fourth-order valence-corrected chi connectivity index (χ4v) is 2.68. The van der Waals surface area contributed by atoms with E-state index >= 15 is 0 Å².